The SMILES string of the molecule is CC1CCCN(C(=O)NCc2cnn(C)c2)C1. The Morgan fingerprint density at radius 1 is 1.65 bits per heavy atom. The van der Waals surface area contributed by atoms with Gasteiger partial charge in [-0.1, -0.05) is 6.92 Å². The highest BCUT2D eigenvalue weighted by Gasteiger charge is 2.20. The van der Waals surface area contributed by atoms with Crippen LogP contribution in [0.25, 0.3) is 0 Å². The summed E-state index contributed by atoms with van der Waals surface area (Å²) >= 11 is 0. The maximum Gasteiger partial charge on any atom is 0.317 e. The third-order valence-electron chi connectivity index (χ3n) is 3.15. The molecule has 17 heavy (non-hydrogen) atoms. The average molecular weight is 236 g/mol. The number of carbonyl (C=O) groups is 1. The van der Waals surface area contributed by atoms with E-state index in [1.54, 1.807) is 10.9 Å². The number of urea groups is 1. The van der Waals surface area contributed by atoms with Crippen LogP contribution in [-0.4, -0.2) is 33.8 Å². The van der Waals surface area contributed by atoms with Crippen LogP contribution < -0.4 is 5.32 Å². The van der Waals surface area contributed by atoms with Gasteiger partial charge < -0.3 is 10.2 Å². The van der Waals surface area contributed by atoms with Gasteiger partial charge in [-0.2, -0.15) is 5.10 Å². The first-order chi connectivity index (χ1) is 8.15. The zero-order valence-corrected chi connectivity index (χ0v) is 10.5. The van der Waals surface area contributed by atoms with Gasteiger partial charge in [0.25, 0.3) is 0 Å². The molecule has 2 amide bonds. The van der Waals surface area contributed by atoms with Crippen molar-refractivity contribution in [1.82, 2.24) is 20.0 Å². The van der Waals surface area contributed by atoms with Gasteiger partial charge >= 0.3 is 6.03 Å². The van der Waals surface area contributed by atoms with E-state index in [2.05, 4.69) is 17.3 Å². The normalized spacial score (nSPS) is 20.4. The second kappa shape index (κ2) is 5.21. The number of hydrogen-bond acceptors (Lipinski definition) is 2. The minimum atomic E-state index is 0.0420. The van der Waals surface area contributed by atoms with Crippen LogP contribution >= 0.6 is 0 Å². The first-order valence-electron chi connectivity index (χ1n) is 6.15. The third-order valence-corrected chi connectivity index (χ3v) is 3.15. The highest BCUT2D eigenvalue weighted by Crippen LogP contribution is 2.15. The fraction of sp³-hybridized carbons (Fsp3) is 0.667. The minimum absolute atomic E-state index is 0.0420. The summed E-state index contributed by atoms with van der Waals surface area (Å²) in [6.45, 7) is 4.50. The molecule has 0 spiro atoms. The van der Waals surface area contributed by atoms with Gasteiger partial charge in [-0.3, -0.25) is 4.68 Å². The fourth-order valence-corrected chi connectivity index (χ4v) is 2.23. The van der Waals surface area contributed by atoms with Crippen molar-refractivity contribution < 1.29 is 4.79 Å². The molecule has 1 N–H and O–H groups in total. The number of amides is 2. The first kappa shape index (κ1) is 12.0. The lowest BCUT2D eigenvalue weighted by Crippen LogP contribution is -2.44. The molecule has 1 aromatic rings. The summed E-state index contributed by atoms with van der Waals surface area (Å²) < 4.78 is 1.74. The lowest BCUT2D eigenvalue weighted by molar-refractivity contribution is 0.169. The third kappa shape index (κ3) is 3.22. The van der Waals surface area contributed by atoms with Gasteiger partial charge in [-0.15, -0.1) is 0 Å². The summed E-state index contributed by atoms with van der Waals surface area (Å²) in [5, 5.41) is 7.01. The average Bonchev–Trinajstić information content (AvgIpc) is 2.72. The Balaban J connectivity index is 1.80. The largest absolute Gasteiger partial charge is 0.334 e. The Labute approximate surface area is 102 Å². The van der Waals surface area contributed by atoms with Gasteiger partial charge in [0.15, 0.2) is 0 Å². The Kier molecular flexibility index (Phi) is 3.66. The van der Waals surface area contributed by atoms with Crippen LogP contribution in [0.5, 0.6) is 0 Å². The molecule has 0 saturated carbocycles. The van der Waals surface area contributed by atoms with Crippen LogP contribution in [0.15, 0.2) is 12.4 Å². The lowest BCUT2D eigenvalue weighted by atomic mass is 10.0. The predicted molar refractivity (Wildman–Crippen MR) is 65.4 cm³/mol. The van der Waals surface area contributed by atoms with E-state index in [0.29, 0.717) is 12.5 Å². The number of rotatable bonds is 2. The van der Waals surface area contributed by atoms with E-state index in [0.717, 1.165) is 25.1 Å². The smallest absolute Gasteiger partial charge is 0.317 e. The molecule has 1 atom stereocenters. The molecule has 0 radical (unpaired) electrons. The molecule has 1 unspecified atom stereocenters. The second-order valence-corrected chi connectivity index (χ2v) is 4.87. The number of carbonyl (C=O) groups excluding carboxylic acids is 1. The molecule has 5 heteroatoms. The molecule has 0 aliphatic carbocycles. The van der Waals surface area contributed by atoms with E-state index in [1.165, 1.54) is 6.42 Å². The topological polar surface area (TPSA) is 50.2 Å². The van der Waals surface area contributed by atoms with Gasteiger partial charge in [0, 0.05) is 38.4 Å². The first-order valence-corrected chi connectivity index (χ1v) is 6.15. The van der Waals surface area contributed by atoms with E-state index in [1.807, 2.05) is 18.1 Å². The summed E-state index contributed by atoms with van der Waals surface area (Å²) in [5.41, 5.74) is 1.03. The van der Waals surface area contributed by atoms with Crippen molar-refractivity contribution in [3.8, 4) is 0 Å². The number of aryl methyl sites for hydroxylation is 1. The van der Waals surface area contributed by atoms with Gasteiger partial charge in [0.1, 0.15) is 0 Å². The zero-order chi connectivity index (χ0) is 12.3. The van der Waals surface area contributed by atoms with Crippen molar-refractivity contribution in [2.24, 2.45) is 13.0 Å². The second-order valence-electron chi connectivity index (χ2n) is 4.87. The van der Waals surface area contributed by atoms with Crippen LogP contribution in [-0.2, 0) is 13.6 Å². The molecular formula is C12H20N4O. The fourth-order valence-electron chi connectivity index (χ4n) is 2.23. The van der Waals surface area contributed by atoms with E-state index in [4.69, 9.17) is 0 Å². The van der Waals surface area contributed by atoms with Gasteiger partial charge in [-0.25, -0.2) is 4.79 Å². The molecule has 1 aliphatic rings. The van der Waals surface area contributed by atoms with Crippen LogP contribution in [0.2, 0.25) is 0 Å². The number of likely N-dealkylation sites (tertiary alicyclic amines) is 1. The van der Waals surface area contributed by atoms with Crippen molar-refractivity contribution >= 4 is 6.03 Å². The molecule has 1 saturated heterocycles. The van der Waals surface area contributed by atoms with Crippen molar-refractivity contribution in [2.75, 3.05) is 13.1 Å². The molecule has 94 valence electrons. The van der Waals surface area contributed by atoms with Crippen LogP contribution in [0.1, 0.15) is 25.3 Å². The predicted octanol–water partition coefficient (Wildman–Crippen LogP) is 1.36. The summed E-state index contributed by atoms with van der Waals surface area (Å²) in [4.78, 5) is 13.8. The van der Waals surface area contributed by atoms with Crippen molar-refractivity contribution in [3.63, 3.8) is 0 Å². The van der Waals surface area contributed by atoms with Crippen LogP contribution in [0.4, 0.5) is 4.79 Å². The Morgan fingerprint density at radius 2 is 2.47 bits per heavy atom. The zero-order valence-electron chi connectivity index (χ0n) is 10.5. The number of piperidine rings is 1. The molecule has 0 bridgehead atoms. The summed E-state index contributed by atoms with van der Waals surface area (Å²) in [7, 11) is 1.87. The molecule has 2 heterocycles. The highest BCUT2D eigenvalue weighted by atomic mass is 16.2. The number of aromatic nitrogens is 2. The number of hydrogen-bond donors (Lipinski definition) is 1. The number of nitrogens with one attached hydrogen (secondary N) is 1. The molecule has 0 aromatic carbocycles. The molecular weight excluding hydrogens is 216 g/mol. The summed E-state index contributed by atoms with van der Waals surface area (Å²) in [6, 6.07) is 0.0420. The molecule has 1 aliphatic heterocycles. The van der Waals surface area contributed by atoms with E-state index in [9.17, 15) is 4.79 Å². The maximum atomic E-state index is 11.9. The van der Waals surface area contributed by atoms with Crippen LogP contribution in [0, 0.1) is 5.92 Å². The minimum Gasteiger partial charge on any atom is -0.334 e. The van der Waals surface area contributed by atoms with Gasteiger partial charge in [-0.05, 0) is 18.8 Å². The molecule has 2 rings (SSSR count). The summed E-state index contributed by atoms with van der Waals surface area (Å²) in [6.07, 6.45) is 6.03. The highest BCUT2D eigenvalue weighted by molar-refractivity contribution is 5.74. The van der Waals surface area contributed by atoms with Gasteiger partial charge in [0.05, 0.1) is 6.20 Å². The van der Waals surface area contributed by atoms with Crippen molar-refractivity contribution in [3.05, 3.63) is 18.0 Å². The Hall–Kier alpha value is -1.52. The van der Waals surface area contributed by atoms with E-state index >= 15 is 0 Å². The van der Waals surface area contributed by atoms with Crippen LogP contribution in [0.3, 0.4) is 0 Å². The summed E-state index contributed by atoms with van der Waals surface area (Å²) in [5.74, 6) is 0.618. The molecule has 5 nitrogen and oxygen atoms in total. The maximum absolute atomic E-state index is 11.9. The van der Waals surface area contributed by atoms with Crippen molar-refractivity contribution in [2.45, 2.75) is 26.3 Å². The standard InChI is InChI=1S/C12H20N4O/c1-10-4-3-5-16(8-10)12(17)13-6-11-7-14-15(2)9-11/h7,9-10H,3-6,8H2,1-2H3,(H,13,17). The molecule has 1 aromatic heterocycles. The van der Waals surface area contributed by atoms with E-state index in [-0.39, 0.29) is 6.03 Å². The monoisotopic (exact) mass is 236 g/mol. The molecule has 1 fully saturated rings. The number of nitrogens with zero attached hydrogens (tertiary/aromatic N) is 3. The van der Waals surface area contributed by atoms with Crippen molar-refractivity contribution in [1.29, 1.82) is 0 Å². The lowest BCUT2D eigenvalue weighted by Gasteiger charge is -2.30. The Morgan fingerprint density at radius 3 is 3.12 bits per heavy atom. The Bertz CT molecular complexity index is 388. The quantitative estimate of drug-likeness (QED) is 0.843. The van der Waals surface area contributed by atoms with Gasteiger partial charge in [0.2, 0.25) is 0 Å². The van der Waals surface area contributed by atoms with E-state index < -0.39 is 0 Å².